The van der Waals surface area contributed by atoms with Crippen molar-refractivity contribution in [3.8, 4) is 0 Å². The number of sulfone groups is 1. The number of piperidine rings is 1. The highest BCUT2D eigenvalue weighted by Gasteiger charge is 2.32. The molecule has 1 saturated heterocycles. The van der Waals surface area contributed by atoms with Gasteiger partial charge in [0.25, 0.3) is 0 Å². The maximum atomic E-state index is 12.9. The topological polar surface area (TPSA) is 139 Å². The molecule has 9 nitrogen and oxygen atoms in total. The Hall–Kier alpha value is -3.92. The van der Waals surface area contributed by atoms with Crippen molar-refractivity contribution in [2.24, 2.45) is 0 Å². The largest absolute Gasteiger partial charge is 0.465 e. The van der Waals surface area contributed by atoms with Crippen LogP contribution in [0, 0.1) is 0 Å². The summed E-state index contributed by atoms with van der Waals surface area (Å²) in [6.07, 6.45) is 6.74. The quantitative estimate of drug-likeness (QED) is 0.453. The Morgan fingerprint density at radius 1 is 1.03 bits per heavy atom. The summed E-state index contributed by atoms with van der Waals surface area (Å²) in [5.74, 6) is 0.387. The molecule has 0 saturated carbocycles. The first-order valence-electron chi connectivity index (χ1n) is 10.8. The third kappa shape index (κ3) is 5.52. The summed E-state index contributed by atoms with van der Waals surface area (Å²) in [7, 11) is -3.53. The minimum atomic E-state index is -3.53. The van der Waals surface area contributed by atoms with Crippen LogP contribution >= 0.6 is 0 Å². The van der Waals surface area contributed by atoms with Gasteiger partial charge in [0.1, 0.15) is 0 Å². The number of benzene rings is 2. The predicted octanol–water partition coefficient (Wildman–Crippen LogP) is 3.89. The van der Waals surface area contributed by atoms with Gasteiger partial charge in [-0.15, -0.1) is 0 Å². The molecule has 34 heavy (non-hydrogen) atoms. The smallest absolute Gasteiger partial charge is 0.407 e. The van der Waals surface area contributed by atoms with Crippen LogP contribution in [0.25, 0.3) is 12.2 Å². The van der Waals surface area contributed by atoms with Gasteiger partial charge in [-0.1, -0.05) is 24.3 Å². The van der Waals surface area contributed by atoms with Crippen molar-refractivity contribution < 1.29 is 18.3 Å². The van der Waals surface area contributed by atoms with Gasteiger partial charge in [-0.05, 0) is 54.8 Å². The maximum absolute atomic E-state index is 12.9. The Morgan fingerprint density at radius 3 is 2.29 bits per heavy atom. The minimum Gasteiger partial charge on any atom is -0.465 e. The standard InChI is InChI=1S/C24H25N5O4S/c25-19-3-1-2-17(14-19)4-5-18-15-26-23(27-16-18)28-20-6-8-21(9-7-20)34(32,33)22-10-12-29(13-11-22)24(30)31/h1-9,14-16,22H,10-13,25H2,(H,30,31)(H,26,27,28). The molecule has 10 heteroatoms. The van der Waals surface area contributed by atoms with E-state index in [9.17, 15) is 13.2 Å². The second kappa shape index (κ2) is 9.92. The van der Waals surface area contributed by atoms with E-state index in [0.717, 1.165) is 11.1 Å². The van der Waals surface area contributed by atoms with Crippen LogP contribution in [0.3, 0.4) is 0 Å². The fourth-order valence-electron chi connectivity index (χ4n) is 3.75. The van der Waals surface area contributed by atoms with Crippen LogP contribution in [-0.2, 0) is 9.84 Å². The first kappa shape index (κ1) is 23.2. The normalized spacial score (nSPS) is 14.9. The number of hydrogen-bond acceptors (Lipinski definition) is 7. The van der Waals surface area contributed by atoms with Gasteiger partial charge >= 0.3 is 6.09 Å². The van der Waals surface area contributed by atoms with Crippen molar-refractivity contribution >= 4 is 45.4 Å². The lowest BCUT2D eigenvalue weighted by molar-refractivity contribution is 0.136. The van der Waals surface area contributed by atoms with Crippen LogP contribution in [-0.4, -0.2) is 52.8 Å². The number of likely N-dealkylation sites (tertiary alicyclic amines) is 1. The number of hydrogen-bond donors (Lipinski definition) is 3. The van der Waals surface area contributed by atoms with Crippen molar-refractivity contribution in [3.63, 3.8) is 0 Å². The molecule has 4 rings (SSSR count). The molecule has 176 valence electrons. The average molecular weight is 480 g/mol. The van der Waals surface area contributed by atoms with E-state index in [1.54, 1.807) is 36.7 Å². The van der Waals surface area contributed by atoms with Crippen LogP contribution in [0.15, 0.2) is 65.8 Å². The van der Waals surface area contributed by atoms with Crippen molar-refractivity contribution in [2.45, 2.75) is 23.0 Å². The van der Waals surface area contributed by atoms with E-state index < -0.39 is 21.2 Å². The van der Waals surface area contributed by atoms with Crippen LogP contribution in [0.2, 0.25) is 0 Å². The SMILES string of the molecule is Nc1cccc(C=Cc2cnc(Nc3ccc(S(=O)(=O)C4CCN(C(=O)O)CC4)cc3)nc2)c1. The molecule has 2 heterocycles. The van der Waals surface area contributed by atoms with E-state index in [1.807, 2.05) is 36.4 Å². The number of nitrogens with one attached hydrogen (secondary N) is 1. The molecule has 1 amide bonds. The Kier molecular flexibility index (Phi) is 6.78. The Labute approximate surface area is 197 Å². The highest BCUT2D eigenvalue weighted by atomic mass is 32.2. The molecule has 4 N–H and O–H groups in total. The van der Waals surface area contributed by atoms with E-state index >= 15 is 0 Å². The number of rotatable bonds is 6. The van der Waals surface area contributed by atoms with Crippen LogP contribution < -0.4 is 11.1 Å². The molecule has 1 aliphatic rings. The molecule has 0 bridgehead atoms. The molecule has 0 radical (unpaired) electrons. The lowest BCUT2D eigenvalue weighted by Crippen LogP contribution is -2.41. The van der Waals surface area contributed by atoms with Crippen LogP contribution in [0.4, 0.5) is 22.1 Å². The first-order chi connectivity index (χ1) is 16.3. The van der Waals surface area contributed by atoms with Gasteiger partial charge in [0.05, 0.1) is 10.1 Å². The molecule has 0 unspecified atom stereocenters. The van der Waals surface area contributed by atoms with Crippen LogP contribution in [0.1, 0.15) is 24.0 Å². The third-order valence-corrected chi connectivity index (χ3v) is 7.92. The zero-order valence-electron chi connectivity index (χ0n) is 18.3. The van der Waals surface area contributed by atoms with Gasteiger partial charge in [-0.2, -0.15) is 0 Å². The number of carbonyl (C=O) groups is 1. The number of nitrogens with zero attached hydrogens (tertiary/aromatic N) is 3. The molecule has 0 spiro atoms. The summed E-state index contributed by atoms with van der Waals surface area (Å²) >= 11 is 0. The maximum Gasteiger partial charge on any atom is 0.407 e. The molecule has 3 aromatic rings. The number of amides is 1. The molecule has 0 atom stereocenters. The Morgan fingerprint density at radius 2 is 1.68 bits per heavy atom. The monoisotopic (exact) mass is 479 g/mol. The molecular formula is C24H25N5O4S. The summed E-state index contributed by atoms with van der Waals surface area (Å²) in [5.41, 5.74) is 8.93. The van der Waals surface area contributed by atoms with Gasteiger partial charge in [0.2, 0.25) is 5.95 Å². The van der Waals surface area contributed by atoms with Crippen LogP contribution in [0.5, 0.6) is 0 Å². The molecular weight excluding hydrogens is 454 g/mol. The number of aromatic nitrogens is 2. The summed E-state index contributed by atoms with van der Waals surface area (Å²) < 4.78 is 25.9. The molecule has 1 aromatic heterocycles. The Balaban J connectivity index is 1.37. The van der Waals surface area contributed by atoms with E-state index in [4.69, 9.17) is 10.8 Å². The van der Waals surface area contributed by atoms with Gasteiger partial charge in [-0.25, -0.2) is 23.2 Å². The highest BCUT2D eigenvalue weighted by molar-refractivity contribution is 7.92. The zero-order valence-corrected chi connectivity index (χ0v) is 19.1. The van der Waals surface area contributed by atoms with Gasteiger partial charge < -0.3 is 21.1 Å². The highest BCUT2D eigenvalue weighted by Crippen LogP contribution is 2.26. The van der Waals surface area contributed by atoms with E-state index in [0.29, 0.717) is 30.2 Å². The lowest BCUT2D eigenvalue weighted by atomic mass is 10.1. The van der Waals surface area contributed by atoms with E-state index in [1.165, 1.54) is 4.90 Å². The van der Waals surface area contributed by atoms with Crippen molar-refractivity contribution in [2.75, 3.05) is 24.1 Å². The van der Waals surface area contributed by atoms with Crippen molar-refractivity contribution in [3.05, 3.63) is 72.1 Å². The zero-order chi connectivity index (χ0) is 24.1. The first-order valence-corrected chi connectivity index (χ1v) is 12.3. The second-order valence-corrected chi connectivity index (χ2v) is 10.2. The number of nitrogen functional groups attached to an aromatic ring is 1. The number of nitrogens with two attached hydrogens (primary N) is 1. The van der Waals surface area contributed by atoms with E-state index in [-0.39, 0.29) is 18.0 Å². The molecule has 1 fully saturated rings. The predicted molar refractivity (Wildman–Crippen MR) is 131 cm³/mol. The molecule has 0 aliphatic carbocycles. The van der Waals surface area contributed by atoms with Crippen molar-refractivity contribution in [1.29, 1.82) is 0 Å². The Bertz CT molecular complexity index is 1280. The summed E-state index contributed by atoms with van der Waals surface area (Å²) in [4.78, 5) is 21.1. The average Bonchev–Trinajstić information content (AvgIpc) is 2.84. The minimum absolute atomic E-state index is 0.217. The fourth-order valence-corrected chi connectivity index (χ4v) is 5.48. The van der Waals surface area contributed by atoms with Gasteiger partial charge in [0.15, 0.2) is 9.84 Å². The third-order valence-electron chi connectivity index (χ3n) is 5.64. The lowest BCUT2D eigenvalue weighted by Gasteiger charge is -2.29. The molecule has 1 aliphatic heterocycles. The second-order valence-electron chi connectivity index (χ2n) is 8.01. The summed E-state index contributed by atoms with van der Waals surface area (Å²) in [6, 6.07) is 14.0. The van der Waals surface area contributed by atoms with Gasteiger partial charge in [-0.3, -0.25) is 0 Å². The fraction of sp³-hybridized carbons (Fsp3) is 0.208. The number of carboxylic acid groups (broad SMARTS) is 1. The van der Waals surface area contributed by atoms with Gasteiger partial charge in [0, 0.05) is 42.4 Å². The summed E-state index contributed by atoms with van der Waals surface area (Å²) in [5, 5.41) is 11.5. The summed E-state index contributed by atoms with van der Waals surface area (Å²) in [6.45, 7) is 0.446. The number of anilines is 3. The van der Waals surface area contributed by atoms with Crippen molar-refractivity contribution in [1.82, 2.24) is 14.9 Å². The van der Waals surface area contributed by atoms with E-state index in [2.05, 4.69) is 15.3 Å². The molecule has 2 aromatic carbocycles.